The first-order valence-corrected chi connectivity index (χ1v) is 33.0. The maximum absolute atomic E-state index is 14.3. The van der Waals surface area contributed by atoms with Crippen molar-refractivity contribution in [2.45, 2.75) is 153 Å². The summed E-state index contributed by atoms with van der Waals surface area (Å²) in [6.45, 7) is 5.81. The molecule has 2 aliphatic carbocycles. The molecule has 502 valence electrons. The van der Waals surface area contributed by atoms with Crippen molar-refractivity contribution in [1.82, 2.24) is 31.1 Å². The van der Waals surface area contributed by atoms with Gasteiger partial charge in [-0.05, 0) is 213 Å². The SMILES string of the molecule is COc1cc(OC)c(C(=O)CC2CCC(NC(=O)c3cc(C(=O)NCCN(C)C)c(OCCCCCN)cc3OCCCCCN)CC2)cc1C(=O)CC1CCC(NC(=O)c2cc(C(=O)NCCN(C)C)c(OCCCCCN)cc2OCCCCCN)CC1. The molecule has 90 heavy (non-hydrogen) atoms. The number of amides is 4. The molecule has 4 amide bonds. The number of hydrogen-bond donors (Lipinski definition) is 8. The number of carbonyl (C=O) groups excluding carboxylic acids is 6. The Kier molecular flexibility index (Phi) is 33.8. The van der Waals surface area contributed by atoms with E-state index in [2.05, 4.69) is 21.3 Å². The van der Waals surface area contributed by atoms with Crippen LogP contribution in [-0.4, -0.2) is 178 Å². The second-order valence-corrected chi connectivity index (χ2v) is 24.5. The summed E-state index contributed by atoms with van der Waals surface area (Å²) in [6.07, 6.45) is 15.5. The number of hydrogen-bond acceptors (Lipinski definition) is 18. The zero-order chi connectivity index (χ0) is 65.2. The number of ketones is 2. The average Bonchev–Trinajstić information content (AvgIpc) is 0.977. The highest BCUT2D eigenvalue weighted by Crippen LogP contribution is 2.38. The number of ether oxygens (including phenoxy) is 6. The van der Waals surface area contributed by atoms with Crippen LogP contribution in [-0.2, 0) is 0 Å². The number of nitrogens with zero attached hydrogens (tertiary/aromatic N) is 2. The van der Waals surface area contributed by atoms with Crippen LogP contribution in [0.5, 0.6) is 34.5 Å². The number of rotatable bonds is 44. The van der Waals surface area contributed by atoms with Gasteiger partial charge in [-0.2, -0.15) is 0 Å². The molecule has 12 N–H and O–H groups in total. The predicted octanol–water partition coefficient (Wildman–Crippen LogP) is 7.44. The van der Waals surface area contributed by atoms with Gasteiger partial charge < -0.3 is 82.4 Å². The molecule has 3 aromatic carbocycles. The van der Waals surface area contributed by atoms with Gasteiger partial charge in [-0.15, -0.1) is 0 Å². The first kappa shape index (κ1) is 74.2. The van der Waals surface area contributed by atoms with Crippen molar-refractivity contribution in [3.05, 3.63) is 69.8 Å². The molecule has 0 unspecified atom stereocenters. The van der Waals surface area contributed by atoms with Gasteiger partial charge in [0.2, 0.25) is 0 Å². The fraction of sp³-hybridized carbons (Fsp3) is 0.647. The Bertz CT molecular complexity index is 2530. The third-order valence-corrected chi connectivity index (χ3v) is 16.7. The van der Waals surface area contributed by atoms with E-state index >= 15 is 0 Å². The lowest BCUT2D eigenvalue weighted by atomic mass is 9.81. The summed E-state index contributed by atoms with van der Waals surface area (Å²) in [6, 6.07) is 9.30. The standard InChI is InChI=1S/C68H108N10O12/c1-77(2)33-31-73-65(81)53-42-55(63(89-37-17-9-13-29-71)45-61(53)87-35-15-7-11-27-69)67(83)75-49-23-19-47(20-24-49)39-57(79)51-41-52(60(86-6)44-59(51)85-5)58(80)40-48-21-25-50(26-22-48)76-68(84)56-43-54(66(82)74-32-34-78(3)4)62(88-36-16-8-12-28-70)46-64(56)90-38-18-10-14-30-72/h41-50H,7-40,69-72H2,1-6H3,(H,73,81)(H,74,82)(H,75,83)(H,76,84). The van der Waals surface area contributed by atoms with Crippen LogP contribution in [0.15, 0.2) is 36.4 Å². The van der Waals surface area contributed by atoms with Crippen molar-refractivity contribution in [1.29, 1.82) is 0 Å². The number of nitrogens with one attached hydrogen (secondary N) is 4. The van der Waals surface area contributed by atoms with Gasteiger partial charge in [-0.3, -0.25) is 28.8 Å². The Labute approximate surface area is 535 Å². The Morgan fingerprint density at radius 2 is 0.678 bits per heavy atom. The van der Waals surface area contributed by atoms with Crippen molar-refractivity contribution < 1.29 is 57.2 Å². The molecule has 0 radical (unpaired) electrons. The summed E-state index contributed by atoms with van der Waals surface area (Å²) in [5.74, 6) is 0.243. The number of unbranched alkanes of at least 4 members (excludes halogenated alkanes) is 8. The van der Waals surface area contributed by atoms with Gasteiger partial charge in [-0.25, -0.2) is 0 Å². The van der Waals surface area contributed by atoms with Crippen molar-refractivity contribution >= 4 is 35.2 Å². The van der Waals surface area contributed by atoms with E-state index in [9.17, 15) is 28.8 Å². The normalized spacial score (nSPS) is 16.5. The third-order valence-electron chi connectivity index (χ3n) is 16.7. The van der Waals surface area contributed by atoms with E-state index < -0.39 is 0 Å². The average molecular weight is 1260 g/mol. The Hall–Kier alpha value is -6.56. The van der Waals surface area contributed by atoms with Gasteiger partial charge in [0.25, 0.3) is 23.6 Å². The number of carbonyl (C=O) groups is 6. The summed E-state index contributed by atoms with van der Waals surface area (Å²) in [4.78, 5) is 88.6. The second kappa shape index (κ2) is 41.0. The summed E-state index contributed by atoms with van der Waals surface area (Å²) in [5, 5.41) is 12.4. The van der Waals surface area contributed by atoms with E-state index in [1.165, 1.54) is 14.2 Å². The van der Waals surface area contributed by atoms with Gasteiger partial charge in [-0.1, -0.05) is 0 Å². The van der Waals surface area contributed by atoms with Gasteiger partial charge in [0.05, 0.1) is 74.0 Å². The maximum atomic E-state index is 14.3. The topological polar surface area (TPSA) is 316 Å². The number of Topliss-reactive ketones (excluding diaryl/α,β-unsaturated/α-hetero) is 2. The zero-order valence-electron chi connectivity index (χ0n) is 54.9. The van der Waals surface area contributed by atoms with E-state index in [1.807, 2.05) is 38.0 Å². The van der Waals surface area contributed by atoms with Crippen LogP contribution in [0.4, 0.5) is 0 Å². The second-order valence-electron chi connectivity index (χ2n) is 24.5. The lowest BCUT2D eigenvalue weighted by molar-refractivity contribution is 0.0889. The summed E-state index contributed by atoms with van der Waals surface area (Å²) >= 11 is 0. The summed E-state index contributed by atoms with van der Waals surface area (Å²) < 4.78 is 36.4. The minimum absolute atomic E-state index is 0.0127. The van der Waals surface area contributed by atoms with Crippen LogP contribution in [0.2, 0.25) is 0 Å². The predicted molar refractivity (Wildman–Crippen MR) is 352 cm³/mol. The van der Waals surface area contributed by atoms with Crippen LogP contribution in [0.25, 0.3) is 0 Å². The van der Waals surface area contributed by atoms with Crippen molar-refractivity contribution in [3.63, 3.8) is 0 Å². The molecular formula is C68H108N10O12. The minimum atomic E-state index is -0.365. The van der Waals surface area contributed by atoms with Gasteiger partial charge in [0.15, 0.2) is 11.6 Å². The van der Waals surface area contributed by atoms with E-state index in [1.54, 1.807) is 36.4 Å². The summed E-state index contributed by atoms with van der Waals surface area (Å²) in [7, 11) is 10.7. The molecule has 2 aliphatic rings. The molecule has 0 spiro atoms. The fourth-order valence-electron chi connectivity index (χ4n) is 11.3. The monoisotopic (exact) mass is 1260 g/mol. The molecular weight excluding hydrogens is 1150 g/mol. The van der Waals surface area contributed by atoms with Crippen molar-refractivity contribution in [2.75, 3.05) is 121 Å². The number of likely N-dealkylation sites (N-methyl/N-ethyl adjacent to an activating group) is 2. The number of methoxy groups -OCH3 is 2. The van der Waals surface area contributed by atoms with Crippen LogP contribution >= 0.6 is 0 Å². The third kappa shape index (κ3) is 24.9. The molecule has 0 heterocycles. The molecule has 22 heteroatoms. The van der Waals surface area contributed by atoms with Gasteiger partial charge >= 0.3 is 0 Å². The molecule has 0 atom stereocenters. The number of nitrogens with two attached hydrogens (primary N) is 4. The quantitative estimate of drug-likeness (QED) is 0.0201. The molecule has 0 aromatic heterocycles. The molecule has 2 fully saturated rings. The smallest absolute Gasteiger partial charge is 0.255 e. The molecule has 22 nitrogen and oxygen atoms in total. The zero-order valence-corrected chi connectivity index (χ0v) is 54.9. The highest BCUT2D eigenvalue weighted by Gasteiger charge is 2.32. The van der Waals surface area contributed by atoms with Crippen LogP contribution in [0.3, 0.4) is 0 Å². The highest BCUT2D eigenvalue weighted by molar-refractivity contribution is 6.06. The van der Waals surface area contributed by atoms with E-state index in [4.69, 9.17) is 51.4 Å². The largest absolute Gasteiger partial charge is 0.496 e. The fourth-order valence-corrected chi connectivity index (χ4v) is 11.3. The van der Waals surface area contributed by atoms with E-state index in [0.29, 0.717) is 176 Å². The molecule has 0 bridgehead atoms. The van der Waals surface area contributed by atoms with Crippen LogP contribution in [0.1, 0.15) is 203 Å². The summed E-state index contributed by atoms with van der Waals surface area (Å²) in [5.41, 5.74) is 24.5. The van der Waals surface area contributed by atoms with Gasteiger partial charge in [0.1, 0.15) is 34.5 Å². The van der Waals surface area contributed by atoms with E-state index in [-0.39, 0.29) is 94.2 Å². The number of benzene rings is 3. The lowest BCUT2D eigenvalue weighted by Crippen LogP contribution is -2.38. The van der Waals surface area contributed by atoms with Crippen molar-refractivity contribution in [3.8, 4) is 34.5 Å². The van der Waals surface area contributed by atoms with E-state index in [0.717, 1.165) is 77.0 Å². The molecule has 5 rings (SSSR count). The minimum Gasteiger partial charge on any atom is -0.496 e. The Morgan fingerprint density at radius 3 is 0.967 bits per heavy atom. The molecule has 0 aliphatic heterocycles. The Balaban J connectivity index is 1.23. The molecule has 0 saturated heterocycles. The van der Waals surface area contributed by atoms with Crippen molar-refractivity contribution in [2.24, 2.45) is 34.8 Å². The maximum Gasteiger partial charge on any atom is 0.255 e. The highest BCUT2D eigenvalue weighted by atomic mass is 16.5. The first-order valence-electron chi connectivity index (χ1n) is 33.0. The van der Waals surface area contributed by atoms with Crippen LogP contribution < -0.4 is 72.6 Å². The van der Waals surface area contributed by atoms with Gasteiger partial charge in [0, 0.05) is 69.3 Å². The Morgan fingerprint density at radius 1 is 0.389 bits per heavy atom. The molecule has 3 aromatic rings. The lowest BCUT2D eigenvalue weighted by Gasteiger charge is -2.29. The first-order chi connectivity index (χ1) is 43.5. The van der Waals surface area contributed by atoms with Crippen LogP contribution in [0, 0.1) is 11.8 Å². The molecule has 2 saturated carbocycles.